The van der Waals surface area contributed by atoms with Gasteiger partial charge in [-0.15, -0.1) is 0 Å². The molecule has 0 saturated heterocycles. The number of hydrogen-bond acceptors (Lipinski definition) is 5. The molecule has 0 N–H and O–H groups in total. The Morgan fingerprint density at radius 1 is 1.14 bits per heavy atom. The van der Waals surface area contributed by atoms with Gasteiger partial charge in [0.15, 0.2) is 5.65 Å². The molecule has 0 aliphatic rings. The molecule has 0 aliphatic carbocycles. The molecule has 2 aromatic rings. The molecular weight excluding hydrogens is 276 g/mol. The number of likely N-dealkylation sites (N-methyl/N-ethyl adjacent to an activating group) is 1. The van der Waals surface area contributed by atoms with Crippen molar-refractivity contribution in [2.45, 2.75) is 46.2 Å². The molecule has 2 aromatic heterocycles. The maximum Gasteiger partial charge on any atom is 0.163 e. The largest absolute Gasteiger partial charge is 0.352 e. The van der Waals surface area contributed by atoms with E-state index >= 15 is 0 Å². The Bertz CT molecular complexity index is 623. The zero-order chi connectivity index (χ0) is 16.5. The molecule has 0 fully saturated rings. The summed E-state index contributed by atoms with van der Waals surface area (Å²) in [7, 11) is 4.18. The van der Waals surface area contributed by atoms with Crippen molar-refractivity contribution in [3.05, 3.63) is 12.5 Å². The highest BCUT2D eigenvalue weighted by Gasteiger charge is 2.22. The number of nitrogens with zero attached hydrogens (tertiary/aromatic N) is 6. The quantitative estimate of drug-likeness (QED) is 0.849. The van der Waals surface area contributed by atoms with Crippen LogP contribution in [0, 0.1) is 0 Å². The van der Waals surface area contributed by atoms with Crippen LogP contribution >= 0.6 is 0 Å². The van der Waals surface area contributed by atoms with Gasteiger partial charge in [0.05, 0.1) is 17.1 Å². The first-order valence-electron chi connectivity index (χ1n) is 7.82. The fourth-order valence-corrected chi connectivity index (χ4v) is 2.47. The minimum atomic E-state index is -0.0975. The average Bonchev–Trinajstić information content (AvgIpc) is 2.82. The summed E-state index contributed by atoms with van der Waals surface area (Å²) in [6.45, 7) is 12.7. The first-order valence-corrected chi connectivity index (χ1v) is 7.82. The predicted octanol–water partition coefficient (Wildman–Crippen LogP) is 2.36. The second kappa shape index (κ2) is 6.20. The Balaban J connectivity index is 2.47. The van der Waals surface area contributed by atoms with Gasteiger partial charge in [0, 0.05) is 19.1 Å². The Labute approximate surface area is 133 Å². The van der Waals surface area contributed by atoms with Gasteiger partial charge in [-0.3, -0.25) is 0 Å². The van der Waals surface area contributed by atoms with E-state index < -0.39 is 0 Å². The second-order valence-corrected chi connectivity index (χ2v) is 7.25. The van der Waals surface area contributed by atoms with Gasteiger partial charge in [-0.05, 0) is 48.7 Å². The average molecular weight is 304 g/mol. The van der Waals surface area contributed by atoms with Gasteiger partial charge in [-0.25, -0.2) is 14.6 Å². The SMILES string of the molecule is CC(C)N(CCN(C)C)c1ncnc2c1cnn2C(C)(C)C. The molecule has 2 rings (SSSR count). The van der Waals surface area contributed by atoms with E-state index in [4.69, 9.17) is 0 Å². The van der Waals surface area contributed by atoms with Gasteiger partial charge in [0.25, 0.3) is 0 Å². The number of aromatic nitrogens is 4. The zero-order valence-corrected chi connectivity index (χ0v) is 14.8. The van der Waals surface area contributed by atoms with Gasteiger partial charge in [-0.2, -0.15) is 5.10 Å². The normalized spacial score (nSPS) is 12.6. The summed E-state index contributed by atoms with van der Waals surface area (Å²) in [6, 6.07) is 0.371. The third-order valence-corrected chi connectivity index (χ3v) is 3.66. The summed E-state index contributed by atoms with van der Waals surface area (Å²) in [5.74, 6) is 0.970. The van der Waals surface area contributed by atoms with Crippen LogP contribution in [0.5, 0.6) is 0 Å². The van der Waals surface area contributed by atoms with Gasteiger partial charge in [-0.1, -0.05) is 0 Å². The van der Waals surface area contributed by atoms with Crippen LogP contribution in [0.25, 0.3) is 11.0 Å². The van der Waals surface area contributed by atoms with Crippen LogP contribution in [0.2, 0.25) is 0 Å². The van der Waals surface area contributed by atoms with E-state index in [0.29, 0.717) is 6.04 Å². The summed E-state index contributed by atoms with van der Waals surface area (Å²) >= 11 is 0. The lowest BCUT2D eigenvalue weighted by Crippen LogP contribution is -2.37. The van der Waals surface area contributed by atoms with Gasteiger partial charge in [0.1, 0.15) is 12.1 Å². The van der Waals surface area contributed by atoms with Crippen LogP contribution in [0.3, 0.4) is 0 Å². The molecule has 2 heterocycles. The lowest BCUT2D eigenvalue weighted by Gasteiger charge is -2.29. The molecule has 122 valence electrons. The monoisotopic (exact) mass is 304 g/mol. The van der Waals surface area contributed by atoms with Crippen molar-refractivity contribution in [1.29, 1.82) is 0 Å². The number of hydrogen-bond donors (Lipinski definition) is 0. The van der Waals surface area contributed by atoms with E-state index in [-0.39, 0.29) is 5.54 Å². The molecule has 0 aliphatic heterocycles. The molecule has 6 heteroatoms. The Morgan fingerprint density at radius 3 is 2.36 bits per heavy atom. The molecule has 0 spiro atoms. The van der Waals surface area contributed by atoms with Crippen molar-refractivity contribution in [3.63, 3.8) is 0 Å². The fraction of sp³-hybridized carbons (Fsp3) is 0.688. The van der Waals surface area contributed by atoms with E-state index in [1.807, 2.05) is 10.9 Å². The first kappa shape index (κ1) is 16.7. The zero-order valence-electron chi connectivity index (χ0n) is 14.8. The van der Waals surface area contributed by atoms with Crippen molar-refractivity contribution in [2.75, 3.05) is 32.1 Å². The highest BCUT2D eigenvalue weighted by Crippen LogP contribution is 2.27. The van der Waals surface area contributed by atoms with Crippen LogP contribution < -0.4 is 4.90 Å². The molecule has 6 nitrogen and oxygen atoms in total. The van der Waals surface area contributed by atoms with E-state index in [1.54, 1.807) is 6.33 Å². The van der Waals surface area contributed by atoms with E-state index in [9.17, 15) is 0 Å². The van der Waals surface area contributed by atoms with Crippen molar-refractivity contribution in [1.82, 2.24) is 24.6 Å². The van der Waals surface area contributed by atoms with Crippen molar-refractivity contribution >= 4 is 16.9 Å². The molecule has 0 atom stereocenters. The minimum absolute atomic E-state index is 0.0975. The molecule has 0 amide bonds. The van der Waals surface area contributed by atoms with E-state index in [2.05, 4.69) is 73.6 Å². The number of fused-ring (bicyclic) bond motifs is 1. The lowest BCUT2D eigenvalue weighted by atomic mass is 10.1. The summed E-state index contributed by atoms with van der Waals surface area (Å²) in [5, 5.41) is 5.56. The standard InChI is InChI=1S/C16H28N6/c1-12(2)21(9-8-20(6)7)14-13-10-19-22(16(3,4)5)15(13)18-11-17-14/h10-12H,8-9H2,1-7H3. The van der Waals surface area contributed by atoms with E-state index in [1.165, 1.54) is 0 Å². The topological polar surface area (TPSA) is 50.1 Å². The highest BCUT2D eigenvalue weighted by atomic mass is 15.3. The first-order chi connectivity index (χ1) is 10.2. The Morgan fingerprint density at radius 2 is 1.82 bits per heavy atom. The Kier molecular flexibility index (Phi) is 4.70. The molecule has 0 unspecified atom stereocenters. The van der Waals surface area contributed by atoms with Crippen LogP contribution in [0.15, 0.2) is 12.5 Å². The van der Waals surface area contributed by atoms with E-state index in [0.717, 1.165) is 29.9 Å². The molecule has 0 saturated carbocycles. The lowest BCUT2D eigenvalue weighted by molar-refractivity contribution is 0.366. The molecule has 22 heavy (non-hydrogen) atoms. The predicted molar refractivity (Wildman–Crippen MR) is 91.4 cm³/mol. The second-order valence-electron chi connectivity index (χ2n) is 7.25. The van der Waals surface area contributed by atoms with Crippen molar-refractivity contribution in [2.24, 2.45) is 0 Å². The molecule has 0 aromatic carbocycles. The summed E-state index contributed by atoms with van der Waals surface area (Å²) in [5.41, 5.74) is 0.799. The third-order valence-electron chi connectivity index (χ3n) is 3.66. The van der Waals surface area contributed by atoms with Gasteiger partial charge < -0.3 is 9.80 Å². The fourth-order valence-electron chi connectivity index (χ4n) is 2.47. The Hall–Kier alpha value is -1.69. The van der Waals surface area contributed by atoms with Gasteiger partial charge >= 0.3 is 0 Å². The smallest absolute Gasteiger partial charge is 0.163 e. The van der Waals surface area contributed by atoms with Crippen LogP contribution in [0.4, 0.5) is 5.82 Å². The molecular formula is C16H28N6. The summed E-state index contributed by atoms with van der Waals surface area (Å²) in [6.07, 6.45) is 3.54. The number of rotatable bonds is 5. The number of anilines is 1. The van der Waals surface area contributed by atoms with Crippen molar-refractivity contribution < 1.29 is 0 Å². The van der Waals surface area contributed by atoms with Crippen molar-refractivity contribution in [3.8, 4) is 0 Å². The van der Waals surface area contributed by atoms with Crippen LogP contribution in [-0.4, -0.2) is 57.9 Å². The van der Waals surface area contributed by atoms with Crippen LogP contribution in [-0.2, 0) is 5.54 Å². The highest BCUT2D eigenvalue weighted by molar-refractivity contribution is 5.87. The maximum atomic E-state index is 4.54. The minimum Gasteiger partial charge on any atom is -0.352 e. The molecule has 0 radical (unpaired) electrons. The van der Waals surface area contributed by atoms with Gasteiger partial charge in [0.2, 0.25) is 0 Å². The summed E-state index contributed by atoms with van der Waals surface area (Å²) < 4.78 is 1.97. The summed E-state index contributed by atoms with van der Waals surface area (Å²) in [4.78, 5) is 13.5. The maximum absolute atomic E-state index is 4.54. The molecule has 0 bridgehead atoms. The third kappa shape index (κ3) is 3.38. The van der Waals surface area contributed by atoms with Crippen LogP contribution in [0.1, 0.15) is 34.6 Å².